The summed E-state index contributed by atoms with van der Waals surface area (Å²) in [5.74, 6) is 1.10. The summed E-state index contributed by atoms with van der Waals surface area (Å²) in [5.41, 5.74) is 5.48. The lowest BCUT2D eigenvalue weighted by Crippen LogP contribution is -2.18. The van der Waals surface area contributed by atoms with E-state index in [1.165, 1.54) is 22.4 Å². The molecule has 0 aromatic heterocycles. The SMILES string of the molecule is CC(C)c1cccc(C(C)C)c1C1=NCNC1. The molecule has 1 aliphatic heterocycles. The van der Waals surface area contributed by atoms with Crippen LogP contribution in [0.5, 0.6) is 0 Å². The van der Waals surface area contributed by atoms with Crippen molar-refractivity contribution in [1.29, 1.82) is 0 Å². The van der Waals surface area contributed by atoms with Crippen molar-refractivity contribution in [2.45, 2.75) is 39.5 Å². The molecular formula is C15H22N2. The van der Waals surface area contributed by atoms with Crippen LogP contribution in [0.3, 0.4) is 0 Å². The second kappa shape index (κ2) is 5.01. The first-order valence-corrected chi connectivity index (χ1v) is 6.48. The molecule has 0 unspecified atom stereocenters. The second-order valence-corrected chi connectivity index (χ2v) is 5.31. The minimum atomic E-state index is 0.548. The Morgan fingerprint density at radius 3 is 2.06 bits per heavy atom. The normalized spacial score (nSPS) is 15.8. The Balaban J connectivity index is 2.57. The van der Waals surface area contributed by atoms with Crippen molar-refractivity contribution in [3.63, 3.8) is 0 Å². The van der Waals surface area contributed by atoms with Crippen molar-refractivity contribution in [1.82, 2.24) is 5.32 Å². The summed E-state index contributed by atoms with van der Waals surface area (Å²) in [5, 5.41) is 3.30. The minimum absolute atomic E-state index is 0.548. The standard InChI is InChI=1S/C15H22N2/c1-10(2)12-6-5-7-13(11(3)4)15(12)14-8-16-9-17-14/h5-7,10-11,16H,8-9H2,1-4H3. The number of hydrogen-bond donors (Lipinski definition) is 1. The van der Waals surface area contributed by atoms with Gasteiger partial charge in [-0.25, -0.2) is 0 Å². The van der Waals surface area contributed by atoms with Crippen LogP contribution in [0.15, 0.2) is 23.2 Å². The van der Waals surface area contributed by atoms with E-state index in [0.29, 0.717) is 11.8 Å². The number of aliphatic imine (C=N–C) groups is 1. The van der Waals surface area contributed by atoms with Gasteiger partial charge in [-0.2, -0.15) is 0 Å². The van der Waals surface area contributed by atoms with E-state index in [9.17, 15) is 0 Å². The van der Waals surface area contributed by atoms with Gasteiger partial charge in [-0.1, -0.05) is 45.9 Å². The Kier molecular flexibility index (Phi) is 3.63. The third kappa shape index (κ3) is 2.42. The van der Waals surface area contributed by atoms with Crippen molar-refractivity contribution in [3.8, 4) is 0 Å². The van der Waals surface area contributed by atoms with Gasteiger partial charge in [0.15, 0.2) is 0 Å². The van der Waals surface area contributed by atoms with Crippen LogP contribution in [0.25, 0.3) is 0 Å². The van der Waals surface area contributed by atoms with Gasteiger partial charge >= 0.3 is 0 Å². The molecule has 2 heteroatoms. The molecule has 2 nitrogen and oxygen atoms in total. The molecule has 0 fully saturated rings. The zero-order valence-electron chi connectivity index (χ0n) is 11.2. The lowest BCUT2D eigenvalue weighted by Gasteiger charge is -2.19. The van der Waals surface area contributed by atoms with Gasteiger partial charge in [0.1, 0.15) is 0 Å². The molecule has 0 saturated carbocycles. The van der Waals surface area contributed by atoms with Gasteiger partial charge < -0.3 is 0 Å². The zero-order valence-corrected chi connectivity index (χ0v) is 11.2. The Morgan fingerprint density at radius 2 is 1.65 bits per heavy atom. The average molecular weight is 230 g/mol. The van der Waals surface area contributed by atoms with Crippen molar-refractivity contribution < 1.29 is 0 Å². The highest BCUT2D eigenvalue weighted by Gasteiger charge is 2.19. The molecule has 0 atom stereocenters. The second-order valence-electron chi connectivity index (χ2n) is 5.31. The number of nitrogens with one attached hydrogen (secondary N) is 1. The van der Waals surface area contributed by atoms with Gasteiger partial charge in [-0.15, -0.1) is 0 Å². The lowest BCUT2D eigenvalue weighted by molar-refractivity contribution is 0.827. The van der Waals surface area contributed by atoms with Crippen molar-refractivity contribution in [2.24, 2.45) is 4.99 Å². The van der Waals surface area contributed by atoms with E-state index < -0.39 is 0 Å². The van der Waals surface area contributed by atoms with E-state index in [1.54, 1.807) is 0 Å². The summed E-state index contributed by atoms with van der Waals surface area (Å²) in [6.45, 7) is 10.7. The molecule has 2 rings (SSSR count). The molecule has 0 radical (unpaired) electrons. The molecule has 0 aliphatic carbocycles. The van der Waals surface area contributed by atoms with E-state index in [4.69, 9.17) is 0 Å². The smallest absolute Gasteiger partial charge is 0.0891 e. The van der Waals surface area contributed by atoms with Crippen LogP contribution >= 0.6 is 0 Å². The minimum Gasteiger partial charge on any atom is -0.293 e. The maximum Gasteiger partial charge on any atom is 0.0891 e. The summed E-state index contributed by atoms with van der Waals surface area (Å²) in [7, 11) is 0. The molecule has 0 amide bonds. The molecular weight excluding hydrogens is 208 g/mol. The average Bonchev–Trinajstić information content (AvgIpc) is 2.80. The lowest BCUT2D eigenvalue weighted by atomic mass is 9.86. The van der Waals surface area contributed by atoms with Crippen LogP contribution in [-0.2, 0) is 0 Å². The van der Waals surface area contributed by atoms with E-state index in [1.807, 2.05) is 0 Å². The maximum absolute atomic E-state index is 4.60. The van der Waals surface area contributed by atoms with Gasteiger partial charge in [0.25, 0.3) is 0 Å². The van der Waals surface area contributed by atoms with Crippen LogP contribution in [0.4, 0.5) is 0 Å². The fourth-order valence-electron chi connectivity index (χ4n) is 2.43. The summed E-state index contributed by atoms with van der Waals surface area (Å²) < 4.78 is 0. The Labute approximate surface area is 104 Å². The third-order valence-electron chi connectivity index (χ3n) is 3.34. The topological polar surface area (TPSA) is 24.4 Å². The van der Waals surface area contributed by atoms with E-state index >= 15 is 0 Å². The van der Waals surface area contributed by atoms with Crippen LogP contribution in [-0.4, -0.2) is 18.9 Å². The Morgan fingerprint density at radius 1 is 1.06 bits per heavy atom. The largest absolute Gasteiger partial charge is 0.293 e. The first kappa shape index (κ1) is 12.3. The molecule has 1 aromatic rings. The number of hydrogen-bond acceptors (Lipinski definition) is 2. The molecule has 1 N–H and O–H groups in total. The van der Waals surface area contributed by atoms with Gasteiger partial charge in [-0.3, -0.25) is 10.3 Å². The highest BCUT2D eigenvalue weighted by atomic mass is 15.1. The third-order valence-corrected chi connectivity index (χ3v) is 3.34. The van der Waals surface area contributed by atoms with Gasteiger partial charge in [0.2, 0.25) is 0 Å². The first-order chi connectivity index (χ1) is 8.11. The van der Waals surface area contributed by atoms with Crippen LogP contribution < -0.4 is 5.32 Å². The number of nitrogens with zero attached hydrogens (tertiary/aromatic N) is 1. The van der Waals surface area contributed by atoms with Gasteiger partial charge in [0.05, 0.1) is 12.4 Å². The quantitative estimate of drug-likeness (QED) is 0.846. The van der Waals surface area contributed by atoms with Crippen molar-refractivity contribution in [2.75, 3.05) is 13.2 Å². The monoisotopic (exact) mass is 230 g/mol. The summed E-state index contributed by atoms with van der Waals surface area (Å²) in [6, 6.07) is 6.66. The highest BCUT2D eigenvalue weighted by molar-refractivity contribution is 6.05. The zero-order chi connectivity index (χ0) is 12.4. The van der Waals surface area contributed by atoms with E-state index in [0.717, 1.165) is 13.2 Å². The molecule has 1 aliphatic rings. The van der Waals surface area contributed by atoms with Crippen LogP contribution in [0.2, 0.25) is 0 Å². The predicted octanol–water partition coefficient (Wildman–Crippen LogP) is 3.28. The molecule has 1 heterocycles. The fourth-order valence-corrected chi connectivity index (χ4v) is 2.43. The predicted molar refractivity (Wildman–Crippen MR) is 74.0 cm³/mol. The van der Waals surface area contributed by atoms with Crippen LogP contribution in [0.1, 0.15) is 56.2 Å². The number of benzene rings is 1. The molecule has 0 saturated heterocycles. The van der Waals surface area contributed by atoms with Crippen LogP contribution in [0, 0.1) is 0 Å². The Hall–Kier alpha value is -1.15. The summed E-state index contributed by atoms with van der Waals surface area (Å²) in [4.78, 5) is 4.60. The molecule has 1 aromatic carbocycles. The van der Waals surface area contributed by atoms with Crippen molar-refractivity contribution in [3.05, 3.63) is 34.9 Å². The Bertz CT molecular complexity index is 404. The number of rotatable bonds is 3. The highest BCUT2D eigenvalue weighted by Crippen LogP contribution is 2.28. The van der Waals surface area contributed by atoms with Gasteiger partial charge in [-0.05, 0) is 23.0 Å². The molecule has 0 bridgehead atoms. The summed E-state index contributed by atoms with van der Waals surface area (Å²) in [6.07, 6.45) is 0. The fraction of sp³-hybridized carbons (Fsp3) is 0.533. The van der Waals surface area contributed by atoms with E-state index in [-0.39, 0.29) is 0 Å². The molecule has 92 valence electrons. The maximum atomic E-state index is 4.60. The van der Waals surface area contributed by atoms with Crippen molar-refractivity contribution >= 4 is 5.71 Å². The molecule has 17 heavy (non-hydrogen) atoms. The summed E-state index contributed by atoms with van der Waals surface area (Å²) >= 11 is 0. The first-order valence-electron chi connectivity index (χ1n) is 6.48. The van der Waals surface area contributed by atoms with Gasteiger partial charge in [0, 0.05) is 12.1 Å². The molecule has 0 spiro atoms. The van der Waals surface area contributed by atoms with E-state index in [2.05, 4.69) is 56.2 Å².